The molecule has 9 nitrogen and oxygen atoms in total. The summed E-state index contributed by atoms with van der Waals surface area (Å²) in [7, 11) is 1.30. The first kappa shape index (κ1) is 26.0. The molecule has 10 heteroatoms. The highest BCUT2D eigenvalue weighted by atomic mass is 32.2. The lowest BCUT2D eigenvalue weighted by molar-refractivity contribution is -0.139. The number of hydrogen-bond acceptors (Lipinski definition) is 7. The molecule has 1 atom stereocenters. The second-order valence-corrected chi connectivity index (χ2v) is 9.20. The molecule has 3 rings (SSSR count). The monoisotopic (exact) mass is 496 g/mol. The number of rotatable bonds is 9. The molecular formula is C25H28N4O5S. The number of aromatic nitrogens is 2. The first-order valence-electron chi connectivity index (χ1n) is 11.3. The molecule has 1 aromatic heterocycles. The molecule has 35 heavy (non-hydrogen) atoms. The van der Waals surface area contributed by atoms with Crippen LogP contribution in [0.4, 0.5) is 0 Å². The number of ether oxygens (including phenoxy) is 1. The number of carbonyl (C=O) groups is 3. The summed E-state index contributed by atoms with van der Waals surface area (Å²) in [6.45, 7) is 4.14. The Labute approximate surface area is 207 Å². The van der Waals surface area contributed by atoms with Crippen LogP contribution in [0.2, 0.25) is 0 Å². The predicted molar refractivity (Wildman–Crippen MR) is 134 cm³/mol. The van der Waals surface area contributed by atoms with Crippen molar-refractivity contribution in [2.24, 2.45) is 0 Å². The number of methoxy groups -OCH3 is 1. The van der Waals surface area contributed by atoms with Crippen molar-refractivity contribution in [3.8, 4) is 0 Å². The van der Waals surface area contributed by atoms with Crippen LogP contribution in [0.3, 0.4) is 0 Å². The molecule has 0 bridgehead atoms. The quantitative estimate of drug-likeness (QED) is 0.202. The summed E-state index contributed by atoms with van der Waals surface area (Å²) in [6.07, 6.45) is 2.68. The second kappa shape index (κ2) is 12.2. The third-order valence-electron chi connectivity index (χ3n) is 5.31. The number of fused-ring (bicyclic) bond motifs is 1. The zero-order valence-corrected chi connectivity index (χ0v) is 20.7. The van der Waals surface area contributed by atoms with E-state index in [1.54, 1.807) is 55.5 Å². The molecule has 0 aliphatic heterocycles. The van der Waals surface area contributed by atoms with Gasteiger partial charge < -0.3 is 4.74 Å². The maximum atomic E-state index is 13.0. The summed E-state index contributed by atoms with van der Waals surface area (Å²) in [4.78, 5) is 51.0. The largest absolute Gasteiger partial charge is 0.468 e. The van der Waals surface area contributed by atoms with E-state index in [1.165, 1.54) is 23.6 Å². The first-order chi connectivity index (χ1) is 16.9. The third-order valence-corrected chi connectivity index (χ3v) is 6.47. The standard InChI is InChI=1S/C25H28N4O5S/c1-4-5-10-15-29-24(32)18-12-7-6-11-17(18)21(28-29)23(31)27-26-22(30)19-13-8-9-14-20(19)35-16(2)25(33)34-3/h6-9,11-14,16H,4-5,10,15H2,1-3H3,(H,26,30)(H,27,31). The van der Waals surface area contributed by atoms with Crippen molar-refractivity contribution in [1.29, 1.82) is 0 Å². The normalized spacial score (nSPS) is 11.6. The van der Waals surface area contributed by atoms with Crippen LogP contribution in [-0.2, 0) is 16.1 Å². The van der Waals surface area contributed by atoms with Crippen LogP contribution in [0, 0.1) is 0 Å². The molecule has 0 radical (unpaired) electrons. The number of esters is 1. The number of amides is 2. The lowest BCUT2D eigenvalue weighted by Gasteiger charge is -2.14. The van der Waals surface area contributed by atoms with Crippen molar-refractivity contribution in [2.75, 3.05) is 7.11 Å². The number of thioether (sulfide) groups is 1. The van der Waals surface area contributed by atoms with Crippen LogP contribution >= 0.6 is 11.8 Å². The van der Waals surface area contributed by atoms with Gasteiger partial charge in [-0.2, -0.15) is 5.10 Å². The van der Waals surface area contributed by atoms with Gasteiger partial charge in [-0.25, -0.2) is 4.68 Å². The van der Waals surface area contributed by atoms with Gasteiger partial charge in [-0.15, -0.1) is 11.8 Å². The lowest BCUT2D eigenvalue weighted by atomic mass is 10.1. The molecule has 2 amide bonds. The smallest absolute Gasteiger partial charge is 0.318 e. The number of nitrogens with zero attached hydrogens (tertiary/aromatic N) is 2. The Morgan fingerprint density at radius 1 is 1.00 bits per heavy atom. The molecule has 0 aliphatic rings. The van der Waals surface area contributed by atoms with Gasteiger partial charge in [0.05, 0.1) is 18.1 Å². The summed E-state index contributed by atoms with van der Waals surface area (Å²) in [6, 6.07) is 13.5. The Balaban J connectivity index is 1.81. The maximum Gasteiger partial charge on any atom is 0.318 e. The van der Waals surface area contributed by atoms with Crippen molar-refractivity contribution in [3.05, 3.63) is 70.1 Å². The maximum absolute atomic E-state index is 13.0. The highest BCUT2D eigenvalue weighted by Crippen LogP contribution is 2.27. The molecule has 1 heterocycles. The van der Waals surface area contributed by atoms with Crippen LogP contribution in [0.1, 0.15) is 54.0 Å². The summed E-state index contributed by atoms with van der Waals surface area (Å²) < 4.78 is 6.05. The zero-order valence-electron chi connectivity index (χ0n) is 19.9. The number of nitrogens with one attached hydrogen (secondary N) is 2. The lowest BCUT2D eigenvalue weighted by Crippen LogP contribution is -2.43. The molecule has 0 saturated heterocycles. The minimum Gasteiger partial charge on any atom is -0.468 e. The minimum absolute atomic E-state index is 0.0407. The van der Waals surface area contributed by atoms with Gasteiger partial charge in [0.25, 0.3) is 17.4 Å². The van der Waals surface area contributed by atoms with Crippen molar-refractivity contribution < 1.29 is 19.1 Å². The molecule has 0 fully saturated rings. The fourth-order valence-corrected chi connectivity index (χ4v) is 4.49. The average molecular weight is 497 g/mol. The SMILES string of the molecule is CCCCCn1nc(C(=O)NNC(=O)c2ccccc2SC(C)C(=O)OC)c2ccccc2c1=O. The van der Waals surface area contributed by atoms with Crippen molar-refractivity contribution in [1.82, 2.24) is 20.6 Å². The Bertz CT molecular complexity index is 1290. The van der Waals surface area contributed by atoms with Gasteiger partial charge in [0, 0.05) is 16.8 Å². The molecule has 0 saturated carbocycles. The number of aryl methyl sites for hydroxylation is 1. The van der Waals surface area contributed by atoms with Gasteiger partial charge in [0.15, 0.2) is 5.69 Å². The predicted octanol–water partition coefficient (Wildman–Crippen LogP) is 3.32. The van der Waals surface area contributed by atoms with Gasteiger partial charge in [-0.3, -0.25) is 30.0 Å². The number of benzene rings is 2. The van der Waals surface area contributed by atoms with E-state index in [1.807, 2.05) is 0 Å². The average Bonchev–Trinajstić information content (AvgIpc) is 2.88. The summed E-state index contributed by atoms with van der Waals surface area (Å²) in [5.74, 6) is -1.61. The summed E-state index contributed by atoms with van der Waals surface area (Å²) in [5.41, 5.74) is 4.88. The van der Waals surface area contributed by atoms with Crippen LogP contribution in [0.25, 0.3) is 10.8 Å². The van der Waals surface area contributed by atoms with E-state index < -0.39 is 23.0 Å². The molecule has 2 aromatic carbocycles. The summed E-state index contributed by atoms with van der Waals surface area (Å²) >= 11 is 1.18. The van der Waals surface area contributed by atoms with Crippen molar-refractivity contribution >= 4 is 40.3 Å². The molecule has 3 aromatic rings. The van der Waals surface area contributed by atoms with E-state index in [4.69, 9.17) is 4.74 Å². The number of hydrogen-bond donors (Lipinski definition) is 2. The van der Waals surface area contributed by atoms with Gasteiger partial charge in [-0.1, -0.05) is 50.1 Å². The van der Waals surface area contributed by atoms with Gasteiger partial charge in [0.1, 0.15) is 5.25 Å². The van der Waals surface area contributed by atoms with E-state index in [9.17, 15) is 19.2 Å². The van der Waals surface area contributed by atoms with Crippen LogP contribution in [0.5, 0.6) is 0 Å². The fraction of sp³-hybridized carbons (Fsp3) is 0.320. The zero-order chi connectivity index (χ0) is 25.4. The van der Waals surface area contributed by atoms with E-state index in [0.29, 0.717) is 22.2 Å². The van der Waals surface area contributed by atoms with Crippen LogP contribution in [-0.4, -0.2) is 39.9 Å². The first-order valence-corrected chi connectivity index (χ1v) is 12.2. The minimum atomic E-state index is -0.646. The molecule has 2 N–H and O–H groups in total. The second-order valence-electron chi connectivity index (χ2n) is 7.82. The van der Waals surface area contributed by atoms with Crippen LogP contribution < -0.4 is 16.4 Å². The molecule has 0 spiro atoms. The highest BCUT2D eigenvalue weighted by molar-refractivity contribution is 8.00. The van der Waals surface area contributed by atoms with E-state index in [-0.39, 0.29) is 16.8 Å². The van der Waals surface area contributed by atoms with E-state index in [0.717, 1.165) is 19.3 Å². The van der Waals surface area contributed by atoms with Crippen molar-refractivity contribution in [3.63, 3.8) is 0 Å². The van der Waals surface area contributed by atoms with Gasteiger partial charge in [-0.05, 0) is 31.5 Å². The third kappa shape index (κ3) is 6.27. The highest BCUT2D eigenvalue weighted by Gasteiger charge is 2.21. The fourth-order valence-electron chi connectivity index (χ4n) is 3.47. The Morgan fingerprint density at radius 2 is 1.66 bits per heavy atom. The topological polar surface area (TPSA) is 119 Å². The van der Waals surface area contributed by atoms with Gasteiger partial charge >= 0.3 is 5.97 Å². The Morgan fingerprint density at radius 3 is 2.37 bits per heavy atom. The number of unbranched alkanes of at least 4 members (excludes halogenated alkanes) is 2. The van der Waals surface area contributed by atoms with E-state index in [2.05, 4.69) is 22.9 Å². The molecule has 1 unspecified atom stereocenters. The van der Waals surface area contributed by atoms with Crippen LogP contribution in [0.15, 0.2) is 58.2 Å². The van der Waals surface area contributed by atoms with E-state index >= 15 is 0 Å². The Kier molecular flexibility index (Phi) is 9.02. The van der Waals surface area contributed by atoms with Crippen molar-refractivity contribution in [2.45, 2.75) is 49.8 Å². The Hall–Kier alpha value is -3.66. The number of hydrazine groups is 1. The number of carbonyl (C=O) groups excluding carboxylic acids is 3. The van der Waals surface area contributed by atoms with Gasteiger partial charge in [0.2, 0.25) is 0 Å². The summed E-state index contributed by atoms with van der Waals surface area (Å²) in [5, 5.41) is 4.56. The molecule has 0 aliphatic carbocycles. The molecule has 184 valence electrons. The molecular weight excluding hydrogens is 468 g/mol.